The average Bonchev–Trinajstić information content (AvgIpc) is 2.47. The van der Waals surface area contributed by atoms with Gasteiger partial charge in [-0.2, -0.15) is 0 Å². The molecule has 1 atom stereocenters. The van der Waals surface area contributed by atoms with Gasteiger partial charge in [0.05, 0.1) is 11.6 Å². The van der Waals surface area contributed by atoms with E-state index >= 15 is 0 Å². The third-order valence-corrected chi connectivity index (χ3v) is 4.51. The maximum absolute atomic E-state index is 6.28. The van der Waals surface area contributed by atoms with Crippen LogP contribution in [0.2, 0.25) is 5.02 Å². The fourth-order valence-electron chi connectivity index (χ4n) is 1.90. The monoisotopic (exact) mass is 307 g/mol. The number of thioether (sulfide) groups is 1. The summed E-state index contributed by atoms with van der Waals surface area (Å²) in [6.45, 7) is 2.61. The Morgan fingerprint density at radius 3 is 2.60 bits per heavy atom. The van der Waals surface area contributed by atoms with E-state index in [4.69, 9.17) is 22.1 Å². The standard InChI is InChI=1S/C16H18ClNOS/c1-2-19-15-9-5-3-7-12(15)14(18)11-20-16-10-6-4-8-13(16)17/h3-10,14H,2,11,18H2,1H3. The van der Waals surface area contributed by atoms with E-state index in [0.717, 1.165) is 27.0 Å². The van der Waals surface area contributed by atoms with Crippen molar-refractivity contribution < 1.29 is 4.74 Å². The summed E-state index contributed by atoms with van der Waals surface area (Å²) in [5, 5.41) is 0.766. The molecule has 0 bridgehead atoms. The minimum atomic E-state index is -0.0842. The van der Waals surface area contributed by atoms with Crippen molar-refractivity contribution in [1.82, 2.24) is 0 Å². The quantitative estimate of drug-likeness (QED) is 0.796. The van der Waals surface area contributed by atoms with Crippen LogP contribution in [0.15, 0.2) is 53.4 Å². The number of ether oxygens (including phenoxy) is 1. The molecule has 2 N–H and O–H groups in total. The number of rotatable bonds is 6. The highest BCUT2D eigenvalue weighted by Gasteiger charge is 2.12. The van der Waals surface area contributed by atoms with Gasteiger partial charge in [0.2, 0.25) is 0 Å². The van der Waals surface area contributed by atoms with E-state index in [1.54, 1.807) is 11.8 Å². The molecule has 0 spiro atoms. The van der Waals surface area contributed by atoms with Gasteiger partial charge in [0, 0.05) is 22.3 Å². The Bertz CT molecular complexity index is 562. The van der Waals surface area contributed by atoms with Crippen LogP contribution in [-0.4, -0.2) is 12.4 Å². The van der Waals surface area contributed by atoms with Crippen molar-refractivity contribution in [1.29, 1.82) is 0 Å². The van der Waals surface area contributed by atoms with Crippen LogP contribution < -0.4 is 10.5 Å². The van der Waals surface area contributed by atoms with Crippen LogP contribution in [0.1, 0.15) is 18.5 Å². The molecule has 2 nitrogen and oxygen atoms in total. The molecule has 0 aromatic heterocycles. The van der Waals surface area contributed by atoms with Crippen LogP contribution in [-0.2, 0) is 0 Å². The largest absolute Gasteiger partial charge is 0.494 e. The summed E-state index contributed by atoms with van der Waals surface area (Å²) in [5.41, 5.74) is 7.32. The zero-order valence-electron chi connectivity index (χ0n) is 11.4. The van der Waals surface area contributed by atoms with Crippen molar-refractivity contribution in [2.24, 2.45) is 5.73 Å². The molecular weight excluding hydrogens is 290 g/mol. The van der Waals surface area contributed by atoms with E-state index in [2.05, 4.69) is 0 Å². The molecule has 1 unspecified atom stereocenters. The Kier molecular flexibility index (Phi) is 5.77. The Hall–Kier alpha value is -1.16. The lowest BCUT2D eigenvalue weighted by atomic mass is 10.1. The second-order valence-electron chi connectivity index (χ2n) is 4.32. The molecule has 0 heterocycles. The summed E-state index contributed by atoms with van der Waals surface area (Å²) in [6.07, 6.45) is 0. The highest BCUT2D eigenvalue weighted by atomic mass is 35.5. The molecule has 0 saturated heterocycles. The fraction of sp³-hybridized carbons (Fsp3) is 0.250. The number of halogens is 1. The maximum atomic E-state index is 6.28. The first-order chi connectivity index (χ1) is 9.72. The highest BCUT2D eigenvalue weighted by molar-refractivity contribution is 7.99. The van der Waals surface area contributed by atoms with E-state index in [1.807, 2.05) is 55.5 Å². The molecular formula is C16H18ClNOS. The first kappa shape index (κ1) is 15.2. The lowest BCUT2D eigenvalue weighted by molar-refractivity contribution is 0.335. The SMILES string of the molecule is CCOc1ccccc1C(N)CSc1ccccc1Cl. The number of benzene rings is 2. The topological polar surface area (TPSA) is 35.2 Å². The van der Waals surface area contributed by atoms with Gasteiger partial charge in [-0.25, -0.2) is 0 Å². The molecule has 0 amide bonds. The molecule has 4 heteroatoms. The summed E-state index contributed by atoms with van der Waals surface area (Å²) < 4.78 is 5.62. The summed E-state index contributed by atoms with van der Waals surface area (Å²) in [5.74, 6) is 1.62. The van der Waals surface area contributed by atoms with E-state index < -0.39 is 0 Å². The van der Waals surface area contributed by atoms with Crippen LogP contribution in [0.4, 0.5) is 0 Å². The molecule has 0 saturated carbocycles. The Morgan fingerprint density at radius 2 is 1.85 bits per heavy atom. The van der Waals surface area contributed by atoms with Crippen molar-refractivity contribution >= 4 is 23.4 Å². The van der Waals surface area contributed by atoms with Gasteiger partial charge in [-0.05, 0) is 25.1 Å². The molecule has 0 aliphatic carbocycles. The van der Waals surface area contributed by atoms with Crippen molar-refractivity contribution in [2.45, 2.75) is 17.9 Å². The number of hydrogen-bond acceptors (Lipinski definition) is 3. The van der Waals surface area contributed by atoms with E-state index in [1.165, 1.54) is 0 Å². The lowest BCUT2D eigenvalue weighted by Gasteiger charge is -2.16. The zero-order chi connectivity index (χ0) is 14.4. The number of hydrogen-bond donors (Lipinski definition) is 1. The van der Waals surface area contributed by atoms with Gasteiger partial charge in [0.15, 0.2) is 0 Å². The van der Waals surface area contributed by atoms with E-state index in [9.17, 15) is 0 Å². The number of nitrogens with two attached hydrogens (primary N) is 1. The van der Waals surface area contributed by atoms with Crippen molar-refractivity contribution in [3.63, 3.8) is 0 Å². The van der Waals surface area contributed by atoms with Gasteiger partial charge >= 0.3 is 0 Å². The van der Waals surface area contributed by atoms with Crippen LogP contribution in [0.5, 0.6) is 5.75 Å². The Morgan fingerprint density at radius 1 is 1.15 bits per heavy atom. The minimum Gasteiger partial charge on any atom is -0.494 e. The van der Waals surface area contributed by atoms with Crippen LogP contribution in [0.25, 0.3) is 0 Å². The van der Waals surface area contributed by atoms with Gasteiger partial charge in [0.1, 0.15) is 5.75 Å². The van der Waals surface area contributed by atoms with Crippen molar-refractivity contribution in [3.05, 3.63) is 59.1 Å². The van der Waals surface area contributed by atoms with E-state index in [0.29, 0.717) is 6.61 Å². The summed E-state index contributed by atoms with van der Waals surface area (Å²) in [7, 11) is 0. The third-order valence-electron chi connectivity index (χ3n) is 2.87. The molecule has 2 rings (SSSR count). The number of para-hydroxylation sites is 1. The highest BCUT2D eigenvalue weighted by Crippen LogP contribution is 2.31. The van der Waals surface area contributed by atoms with E-state index in [-0.39, 0.29) is 6.04 Å². The Labute approximate surface area is 129 Å². The van der Waals surface area contributed by atoms with Gasteiger partial charge in [0.25, 0.3) is 0 Å². The predicted octanol–water partition coefficient (Wildman–Crippen LogP) is 4.53. The smallest absolute Gasteiger partial charge is 0.124 e. The van der Waals surface area contributed by atoms with Crippen molar-refractivity contribution in [2.75, 3.05) is 12.4 Å². The van der Waals surface area contributed by atoms with Gasteiger partial charge in [-0.15, -0.1) is 11.8 Å². The summed E-state index contributed by atoms with van der Waals surface area (Å²) in [4.78, 5) is 1.05. The molecule has 0 fully saturated rings. The second-order valence-corrected chi connectivity index (χ2v) is 5.79. The van der Waals surface area contributed by atoms with Crippen LogP contribution in [0.3, 0.4) is 0 Å². The molecule has 0 radical (unpaired) electrons. The average molecular weight is 308 g/mol. The molecule has 0 aliphatic heterocycles. The summed E-state index contributed by atoms with van der Waals surface area (Å²) in [6, 6.07) is 15.6. The third kappa shape index (κ3) is 3.92. The van der Waals surface area contributed by atoms with Gasteiger partial charge < -0.3 is 10.5 Å². The van der Waals surface area contributed by atoms with Gasteiger partial charge in [-0.3, -0.25) is 0 Å². The first-order valence-electron chi connectivity index (χ1n) is 6.57. The predicted molar refractivity (Wildman–Crippen MR) is 86.7 cm³/mol. The fourth-order valence-corrected chi connectivity index (χ4v) is 3.12. The Balaban J connectivity index is 2.05. The van der Waals surface area contributed by atoms with Crippen LogP contribution in [0, 0.1) is 0 Å². The molecule has 106 valence electrons. The van der Waals surface area contributed by atoms with Gasteiger partial charge in [-0.1, -0.05) is 41.9 Å². The second kappa shape index (κ2) is 7.58. The summed E-state index contributed by atoms with van der Waals surface area (Å²) >= 11 is 7.81. The molecule has 20 heavy (non-hydrogen) atoms. The zero-order valence-corrected chi connectivity index (χ0v) is 13.0. The molecule has 0 aliphatic rings. The van der Waals surface area contributed by atoms with Crippen molar-refractivity contribution in [3.8, 4) is 5.75 Å². The maximum Gasteiger partial charge on any atom is 0.124 e. The van der Waals surface area contributed by atoms with Crippen LogP contribution >= 0.6 is 23.4 Å². The molecule has 2 aromatic carbocycles. The lowest BCUT2D eigenvalue weighted by Crippen LogP contribution is -2.14. The normalized spacial score (nSPS) is 12.2. The molecule has 2 aromatic rings. The first-order valence-corrected chi connectivity index (χ1v) is 7.93. The minimum absolute atomic E-state index is 0.0842.